The Balaban J connectivity index is 4.49. The molecule has 0 heterocycles. The normalized spacial score (nSPS) is 12.8. The first-order valence-electron chi connectivity index (χ1n) is 24.1. The lowest BCUT2D eigenvalue weighted by molar-refractivity contribution is -0.167. The van der Waals surface area contributed by atoms with Gasteiger partial charge in [-0.1, -0.05) is 176 Å². The lowest BCUT2D eigenvalue weighted by atomic mass is 10.1. The number of esters is 3. The Hall–Kier alpha value is -3.41. The van der Waals surface area contributed by atoms with E-state index >= 15 is 0 Å². The summed E-state index contributed by atoms with van der Waals surface area (Å²) >= 11 is 0. The second-order valence-electron chi connectivity index (χ2n) is 15.7. The molecule has 0 fully saturated rings. The van der Waals surface area contributed by atoms with Crippen molar-refractivity contribution >= 4 is 17.9 Å². The molecule has 0 saturated heterocycles. The van der Waals surface area contributed by atoms with E-state index in [9.17, 15) is 14.4 Å². The van der Waals surface area contributed by atoms with Gasteiger partial charge in [0.25, 0.3) is 0 Å². The van der Waals surface area contributed by atoms with Crippen LogP contribution in [0.15, 0.2) is 85.1 Å². The molecule has 0 rings (SSSR count). The fraction of sp³-hybridized carbons (Fsp3) is 0.679. The third kappa shape index (κ3) is 45.5. The van der Waals surface area contributed by atoms with Gasteiger partial charge in [0.1, 0.15) is 13.2 Å². The Morgan fingerprint density at radius 3 is 1.20 bits per heavy atom. The van der Waals surface area contributed by atoms with Gasteiger partial charge in [0.15, 0.2) is 6.10 Å². The standard InChI is InChI=1S/C53H88O6/c1-4-7-10-13-16-19-22-24-26-27-29-31-34-37-40-43-46-52(55)58-49-50(48-57-51(54)45-42-39-36-33-30-21-18-15-12-9-6-3)59-53(56)47-44-41-38-35-32-28-25-23-20-17-14-11-8-5-2/h7,10,15-16,18-19,21,24,26,28-32,50H,4-6,8-9,11-14,17,20,22-23,25,27,33-49H2,1-3H3/b10-7-,18-15-,19-16-,26-24-,30-21-,31-29-,32-28-. The van der Waals surface area contributed by atoms with Crippen LogP contribution >= 0.6 is 0 Å². The summed E-state index contributed by atoms with van der Waals surface area (Å²) in [5.41, 5.74) is 0. The molecule has 0 N–H and O–H groups in total. The molecule has 6 heteroatoms. The summed E-state index contributed by atoms with van der Waals surface area (Å²) in [4.78, 5) is 37.8. The Bertz CT molecular complexity index is 1170. The third-order valence-electron chi connectivity index (χ3n) is 9.88. The fourth-order valence-corrected chi connectivity index (χ4v) is 6.23. The molecule has 1 unspecified atom stereocenters. The van der Waals surface area contributed by atoms with Crippen molar-refractivity contribution in [3.8, 4) is 0 Å². The van der Waals surface area contributed by atoms with Gasteiger partial charge in [-0.15, -0.1) is 0 Å². The van der Waals surface area contributed by atoms with Gasteiger partial charge in [-0.3, -0.25) is 14.4 Å². The number of rotatable bonds is 42. The Morgan fingerprint density at radius 1 is 0.373 bits per heavy atom. The van der Waals surface area contributed by atoms with Gasteiger partial charge in [0.05, 0.1) is 0 Å². The van der Waals surface area contributed by atoms with E-state index in [1.807, 2.05) is 0 Å². The zero-order chi connectivity index (χ0) is 43.0. The topological polar surface area (TPSA) is 78.9 Å². The Kier molecular flexibility index (Phi) is 44.5. The van der Waals surface area contributed by atoms with E-state index in [1.54, 1.807) is 0 Å². The van der Waals surface area contributed by atoms with Gasteiger partial charge < -0.3 is 14.2 Å². The predicted octanol–water partition coefficient (Wildman–Crippen LogP) is 15.6. The summed E-state index contributed by atoms with van der Waals surface area (Å²) in [6, 6.07) is 0. The van der Waals surface area contributed by atoms with Crippen molar-refractivity contribution < 1.29 is 28.6 Å². The fourth-order valence-electron chi connectivity index (χ4n) is 6.23. The van der Waals surface area contributed by atoms with Crippen LogP contribution in [0.4, 0.5) is 0 Å². The van der Waals surface area contributed by atoms with Gasteiger partial charge in [-0.25, -0.2) is 0 Å². The number of hydrogen-bond acceptors (Lipinski definition) is 6. The van der Waals surface area contributed by atoms with E-state index in [2.05, 4.69) is 106 Å². The van der Waals surface area contributed by atoms with E-state index in [1.165, 1.54) is 57.8 Å². The largest absolute Gasteiger partial charge is 0.462 e. The van der Waals surface area contributed by atoms with Crippen molar-refractivity contribution in [2.24, 2.45) is 0 Å². The molecule has 0 aliphatic carbocycles. The molecule has 0 aliphatic rings. The minimum absolute atomic E-state index is 0.108. The summed E-state index contributed by atoms with van der Waals surface area (Å²) in [6.07, 6.45) is 60.0. The van der Waals surface area contributed by atoms with Crippen molar-refractivity contribution in [1.82, 2.24) is 0 Å². The van der Waals surface area contributed by atoms with Crippen LogP contribution in [0.3, 0.4) is 0 Å². The maximum Gasteiger partial charge on any atom is 0.306 e. The molecular weight excluding hydrogens is 733 g/mol. The summed E-state index contributed by atoms with van der Waals surface area (Å²) in [5, 5.41) is 0. The maximum absolute atomic E-state index is 12.7. The SMILES string of the molecule is CC/C=C\C/C=C\C/C=C\C/C=C\CCCCCC(=O)OCC(COC(=O)CCCCC/C=C\C=C/CCCC)OC(=O)CCCCC/C=C\CCCCCCCCC. The van der Waals surface area contributed by atoms with Crippen molar-refractivity contribution in [2.45, 2.75) is 219 Å². The second-order valence-corrected chi connectivity index (χ2v) is 15.7. The lowest BCUT2D eigenvalue weighted by Crippen LogP contribution is -2.30. The number of carbonyl (C=O) groups excluding carboxylic acids is 3. The molecule has 0 aromatic heterocycles. The van der Waals surface area contributed by atoms with E-state index in [-0.39, 0.29) is 31.1 Å². The second kappa shape index (κ2) is 47.3. The van der Waals surface area contributed by atoms with E-state index in [0.717, 1.165) is 116 Å². The van der Waals surface area contributed by atoms with Crippen molar-refractivity contribution in [3.63, 3.8) is 0 Å². The lowest BCUT2D eigenvalue weighted by Gasteiger charge is -2.18. The Labute approximate surface area is 363 Å². The van der Waals surface area contributed by atoms with Crippen LogP contribution < -0.4 is 0 Å². The number of carbonyl (C=O) groups is 3. The maximum atomic E-state index is 12.7. The monoisotopic (exact) mass is 821 g/mol. The zero-order valence-electron chi connectivity index (χ0n) is 38.2. The van der Waals surface area contributed by atoms with Crippen molar-refractivity contribution in [2.75, 3.05) is 13.2 Å². The average Bonchev–Trinajstić information content (AvgIpc) is 3.23. The van der Waals surface area contributed by atoms with Gasteiger partial charge >= 0.3 is 17.9 Å². The van der Waals surface area contributed by atoms with Crippen LogP contribution in [0.25, 0.3) is 0 Å². The summed E-state index contributed by atoms with van der Waals surface area (Å²) in [6.45, 7) is 6.38. The molecule has 0 amide bonds. The highest BCUT2D eigenvalue weighted by Gasteiger charge is 2.19. The van der Waals surface area contributed by atoms with Gasteiger partial charge in [-0.2, -0.15) is 0 Å². The molecule has 1 atom stereocenters. The Morgan fingerprint density at radius 2 is 0.729 bits per heavy atom. The molecule has 59 heavy (non-hydrogen) atoms. The molecule has 6 nitrogen and oxygen atoms in total. The number of unbranched alkanes of at least 4 members (excludes halogenated alkanes) is 18. The quantitative estimate of drug-likeness (QED) is 0.0201. The minimum atomic E-state index is -0.807. The number of ether oxygens (including phenoxy) is 3. The van der Waals surface area contributed by atoms with Crippen molar-refractivity contribution in [1.29, 1.82) is 0 Å². The summed E-state index contributed by atoms with van der Waals surface area (Å²) < 4.78 is 16.7. The van der Waals surface area contributed by atoms with Crippen LogP contribution in [-0.4, -0.2) is 37.2 Å². The van der Waals surface area contributed by atoms with Crippen LogP contribution in [0.2, 0.25) is 0 Å². The molecule has 0 bridgehead atoms. The zero-order valence-corrected chi connectivity index (χ0v) is 38.2. The van der Waals surface area contributed by atoms with Gasteiger partial charge in [0.2, 0.25) is 0 Å². The highest BCUT2D eigenvalue weighted by molar-refractivity contribution is 5.71. The van der Waals surface area contributed by atoms with Gasteiger partial charge in [-0.05, 0) is 103 Å². The first-order chi connectivity index (χ1) is 29.0. The molecule has 0 aromatic carbocycles. The van der Waals surface area contributed by atoms with E-state index in [0.29, 0.717) is 19.3 Å². The third-order valence-corrected chi connectivity index (χ3v) is 9.88. The van der Waals surface area contributed by atoms with Crippen LogP contribution in [0, 0.1) is 0 Å². The van der Waals surface area contributed by atoms with Crippen LogP contribution in [0.5, 0.6) is 0 Å². The first kappa shape index (κ1) is 55.6. The van der Waals surface area contributed by atoms with E-state index < -0.39 is 6.10 Å². The average molecular weight is 821 g/mol. The predicted molar refractivity (Wildman–Crippen MR) is 251 cm³/mol. The molecule has 0 aromatic rings. The first-order valence-corrected chi connectivity index (χ1v) is 24.1. The number of allylic oxidation sites excluding steroid dienone is 14. The van der Waals surface area contributed by atoms with Crippen LogP contribution in [0.1, 0.15) is 213 Å². The van der Waals surface area contributed by atoms with Crippen molar-refractivity contribution in [3.05, 3.63) is 85.1 Å². The molecule has 0 spiro atoms. The van der Waals surface area contributed by atoms with Crippen LogP contribution in [-0.2, 0) is 28.6 Å². The highest BCUT2D eigenvalue weighted by atomic mass is 16.6. The highest BCUT2D eigenvalue weighted by Crippen LogP contribution is 2.12. The van der Waals surface area contributed by atoms with Gasteiger partial charge in [0, 0.05) is 19.3 Å². The summed E-state index contributed by atoms with van der Waals surface area (Å²) in [5.74, 6) is -0.986. The molecular formula is C53H88O6. The van der Waals surface area contributed by atoms with E-state index in [4.69, 9.17) is 14.2 Å². The molecule has 0 saturated carbocycles. The molecule has 0 radical (unpaired) electrons. The molecule has 0 aliphatic heterocycles. The minimum Gasteiger partial charge on any atom is -0.462 e. The number of hydrogen-bond donors (Lipinski definition) is 0. The smallest absolute Gasteiger partial charge is 0.306 e. The molecule has 336 valence electrons. The summed E-state index contributed by atoms with van der Waals surface area (Å²) in [7, 11) is 0.